The summed E-state index contributed by atoms with van der Waals surface area (Å²) in [6.07, 6.45) is 2.12. The SMILES string of the molecule is Cc1[c-]c2c(cc1)Cc1ccccc1C2.[Y]. The first kappa shape index (κ1) is 12.0. The maximum absolute atomic E-state index is 3.47. The van der Waals surface area contributed by atoms with Gasteiger partial charge in [-0.3, -0.25) is 0 Å². The molecule has 0 atom stereocenters. The minimum absolute atomic E-state index is 0. The van der Waals surface area contributed by atoms with E-state index in [1.54, 1.807) is 0 Å². The molecule has 16 heavy (non-hydrogen) atoms. The zero-order valence-electron chi connectivity index (χ0n) is 9.46. The molecule has 1 aliphatic carbocycles. The Labute approximate surface area is 122 Å². The van der Waals surface area contributed by atoms with Crippen molar-refractivity contribution < 1.29 is 32.7 Å². The van der Waals surface area contributed by atoms with E-state index in [-0.39, 0.29) is 32.7 Å². The predicted octanol–water partition coefficient (Wildman–Crippen LogP) is 3.29. The van der Waals surface area contributed by atoms with Gasteiger partial charge in [0, 0.05) is 32.7 Å². The average molecular weight is 282 g/mol. The molecule has 3 rings (SSSR count). The maximum Gasteiger partial charge on any atom is 0 e. The van der Waals surface area contributed by atoms with Crippen LogP contribution in [0.4, 0.5) is 0 Å². The van der Waals surface area contributed by atoms with Crippen LogP contribution in [0.3, 0.4) is 0 Å². The van der Waals surface area contributed by atoms with Crippen LogP contribution in [-0.2, 0) is 45.6 Å². The Kier molecular flexibility index (Phi) is 3.61. The van der Waals surface area contributed by atoms with Crippen LogP contribution in [0, 0.1) is 13.0 Å². The minimum atomic E-state index is 0. The van der Waals surface area contributed by atoms with Gasteiger partial charge in [0.25, 0.3) is 0 Å². The summed E-state index contributed by atoms with van der Waals surface area (Å²) in [5.41, 5.74) is 7.01. The number of hydrogen-bond donors (Lipinski definition) is 0. The third-order valence-electron chi connectivity index (χ3n) is 3.14. The van der Waals surface area contributed by atoms with Gasteiger partial charge in [0.15, 0.2) is 0 Å². The Morgan fingerprint density at radius 1 is 0.875 bits per heavy atom. The molecule has 2 aromatic carbocycles. The van der Waals surface area contributed by atoms with Gasteiger partial charge in [0.2, 0.25) is 0 Å². The summed E-state index contributed by atoms with van der Waals surface area (Å²) in [5.74, 6) is 0. The van der Waals surface area contributed by atoms with E-state index in [2.05, 4.69) is 49.4 Å². The quantitative estimate of drug-likeness (QED) is 0.555. The minimum Gasteiger partial charge on any atom is -0.177 e. The van der Waals surface area contributed by atoms with E-state index in [9.17, 15) is 0 Å². The van der Waals surface area contributed by atoms with Crippen LogP contribution in [-0.4, -0.2) is 0 Å². The molecule has 0 aliphatic heterocycles. The molecule has 1 aliphatic rings. The summed E-state index contributed by atoms with van der Waals surface area (Å²) in [5, 5.41) is 0. The summed E-state index contributed by atoms with van der Waals surface area (Å²) in [7, 11) is 0. The van der Waals surface area contributed by atoms with E-state index in [4.69, 9.17) is 0 Å². The van der Waals surface area contributed by atoms with Crippen molar-refractivity contribution in [3.63, 3.8) is 0 Å². The Hall–Kier alpha value is -0.456. The van der Waals surface area contributed by atoms with Crippen molar-refractivity contribution >= 4 is 0 Å². The van der Waals surface area contributed by atoms with Crippen molar-refractivity contribution in [2.24, 2.45) is 0 Å². The fourth-order valence-corrected chi connectivity index (χ4v) is 2.31. The molecule has 0 unspecified atom stereocenters. The fraction of sp³-hybridized carbons (Fsp3) is 0.200. The molecule has 0 nitrogen and oxygen atoms in total. The number of aryl methyl sites for hydroxylation is 1. The molecule has 2 aromatic rings. The van der Waals surface area contributed by atoms with Crippen LogP contribution < -0.4 is 0 Å². The van der Waals surface area contributed by atoms with Gasteiger partial charge in [0.1, 0.15) is 0 Å². The zero-order valence-corrected chi connectivity index (χ0v) is 12.3. The number of benzene rings is 2. The van der Waals surface area contributed by atoms with Crippen molar-refractivity contribution in [1.29, 1.82) is 0 Å². The largest absolute Gasteiger partial charge is 0.177 e. The van der Waals surface area contributed by atoms with Gasteiger partial charge in [0.05, 0.1) is 0 Å². The zero-order chi connectivity index (χ0) is 10.3. The Morgan fingerprint density at radius 2 is 1.56 bits per heavy atom. The van der Waals surface area contributed by atoms with Crippen LogP contribution in [0.1, 0.15) is 27.8 Å². The smallest absolute Gasteiger partial charge is 0 e. The number of fused-ring (bicyclic) bond motifs is 2. The van der Waals surface area contributed by atoms with E-state index in [1.807, 2.05) is 0 Å². The molecule has 0 N–H and O–H groups in total. The molecule has 0 amide bonds. The Bertz CT molecular complexity index is 515. The van der Waals surface area contributed by atoms with Crippen molar-refractivity contribution in [3.05, 3.63) is 70.3 Å². The summed E-state index contributed by atoms with van der Waals surface area (Å²) in [4.78, 5) is 0. The third kappa shape index (κ3) is 2.14. The Morgan fingerprint density at radius 3 is 2.31 bits per heavy atom. The van der Waals surface area contributed by atoms with E-state index in [1.165, 1.54) is 27.8 Å². The van der Waals surface area contributed by atoms with Gasteiger partial charge < -0.3 is 0 Å². The molecule has 77 valence electrons. The van der Waals surface area contributed by atoms with Crippen molar-refractivity contribution in [3.8, 4) is 0 Å². The molecule has 0 saturated heterocycles. The van der Waals surface area contributed by atoms with Crippen LogP contribution >= 0.6 is 0 Å². The van der Waals surface area contributed by atoms with Gasteiger partial charge >= 0.3 is 0 Å². The summed E-state index contributed by atoms with van der Waals surface area (Å²) in [6, 6.07) is 16.6. The van der Waals surface area contributed by atoms with E-state index >= 15 is 0 Å². The summed E-state index contributed by atoms with van der Waals surface area (Å²) >= 11 is 0. The van der Waals surface area contributed by atoms with E-state index in [0.717, 1.165) is 12.8 Å². The monoisotopic (exact) mass is 282 g/mol. The van der Waals surface area contributed by atoms with E-state index in [0.29, 0.717) is 0 Å². The van der Waals surface area contributed by atoms with Gasteiger partial charge in [-0.1, -0.05) is 36.8 Å². The molecule has 0 bridgehead atoms. The average Bonchev–Trinajstić information content (AvgIpc) is 2.26. The van der Waals surface area contributed by atoms with Crippen molar-refractivity contribution in [1.82, 2.24) is 0 Å². The molecular weight excluding hydrogens is 269 g/mol. The van der Waals surface area contributed by atoms with Gasteiger partial charge in [-0.05, 0) is 18.4 Å². The number of rotatable bonds is 0. The van der Waals surface area contributed by atoms with Crippen molar-refractivity contribution in [2.45, 2.75) is 19.8 Å². The van der Waals surface area contributed by atoms with Crippen LogP contribution in [0.2, 0.25) is 0 Å². The molecule has 0 spiro atoms. The molecule has 1 radical (unpaired) electrons. The maximum atomic E-state index is 3.47. The van der Waals surface area contributed by atoms with Crippen LogP contribution in [0.5, 0.6) is 0 Å². The normalized spacial score (nSPS) is 12.3. The second-order valence-electron chi connectivity index (χ2n) is 4.27. The third-order valence-corrected chi connectivity index (χ3v) is 3.14. The first-order valence-corrected chi connectivity index (χ1v) is 5.40. The van der Waals surface area contributed by atoms with Crippen LogP contribution in [0.15, 0.2) is 36.4 Å². The first-order valence-electron chi connectivity index (χ1n) is 5.40. The molecule has 1 heteroatoms. The second kappa shape index (κ2) is 4.81. The Balaban J connectivity index is 0.000000963. The van der Waals surface area contributed by atoms with Crippen molar-refractivity contribution in [2.75, 3.05) is 0 Å². The predicted molar refractivity (Wildman–Crippen MR) is 62.1 cm³/mol. The summed E-state index contributed by atoms with van der Waals surface area (Å²) < 4.78 is 0. The first-order chi connectivity index (χ1) is 7.33. The van der Waals surface area contributed by atoms with Gasteiger partial charge in [-0.2, -0.15) is 29.3 Å². The topological polar surface area (TPSA) is 0 Å². The van der Waals surface area contributed by atoms with E-state index < -0.39 is 0 Å². The van der Waals surface area contributed by atoms with Crippen LogP contribution in [0.25, 0.3) is 0 Å². The summed E-state index contributed by atoms with van der Waals surface area (Å²) in [6.45, 7) is 2.11. The molecular formula is C15H13Y-. The fourth-order valence-electron chi connectivity index (χ4n) is 2.31. The number of hydrogen-bond acceptors (Lipinski definition) is 0. The second-order valence-corrected chi connectivity index (χ2v) is 4.27. The standard InChI is InChI=1S/C15H13.Y/c1-11-6-7-14-9-12-4-2-3-5-13(12)10-15(14)8-11;/h2-7H,9-10H2,1H3;/q-1;. The molecule has 0 aromatic heterocycles. The van der Waals surface area contributed by atoms with Gasteiger partial charge in [-0.25, -0.2) is 0 Å². The van der Waals surface area contributed by atoms with Gasteiger partial charge in [-0.15, -0.1) is 5.56 Å². The molecule has 0 heterocycles. The molecule has 0 fully saturated rings. The molecule has 0 saturated carbocycles.